The summed E-state index contributed by atoms with van der Waals surface area (Å²) in [6.45, 7) is 11.0. The van der Waals surface area contributed by atoms with Crippen LogP contribution in [-0.4, -0.2) is 60.2 Å². The maximum Gasteiger partial charge on any atom is 0.329 e. The fraction of sp³-hybridized carbons (Fsp3) is 0.565. The Balaban J connectivity index is 1.93. The number of piperazine rings is 1. The molecule has 0 bridgehead atoms. The zero-order chi connectivity index (χ0) is 21.5. The van der Waals surface area contributed by atoms with Crippen molar-refractivity contribution in [1.29, 1.82) is 5.26 Å². The Kier molecular flexibility index (Phi) is 7.58. The molecule has 1 aliphatic rings. The van der Waals surface area contributed by atoms with E-state index in [-0.39, 0.29) is 0 Å². The summed E-state index contributed by atoms with van der Waals surface area (Å²) < 4.78 is 5.53. The van der Waals surface area contributed by atoms with Crippen molar-refractivity contribution < 1.29 is 9.53 Å². The van der Waals surface area contributed by atoms with Crippen molar-refractivity contribution in [2.24, 2.45) is 5.92 Å². The molecular weight excluding hydrogens is 378 g/mol. The number of nitriles is 1. The third kappa shape index (κ3) is 4.88. The zero-order valence-corrected chi connectivity index (χ0v) is 18.2. The van der Waals surface area contributed by atoms with E-state index >= 15 is 0 Å². The Morgan fingerprint density at radius 1 is 1.10 bits per heavy atom. The topological polar surface area (TPSA) is 82.3 Å². The molecule has 160 valence electrons. The molecule has 7 nitrogen and oxygen atoms in total. The van der Waals surface area contributed by atoms with E-state index in [4.69, 9.17) is 14.7 Å². The Bertz CT molecular complexity index is 898. The first-order valence-corrected chi connectivity index (χ1v) is 10.9. The number of benzene rings is 1. The van der Waals surface area contributed by atoms with Crippen LogP contribution in [-0.2, 0) is 9.53 Å². The second kappa shape index (κ2) is 10.4. The highest BCUT2D eigenvalue weighted by Crippen LogP contribution is 2.29. The molecule has 2 heterocycles. The minimum absolute atomic E-state index is 0.303. The first-order valence-electron chi connectivity index (χ1n) is 10.9. The summed E-state index contributed by atoms with van der Waals surface area (Å²) in [6, 6.07) is 9.69. The molecule has 1 saturated heterocycles. The minimum atomic E-state index is -1.09. The lowest BCUT2D eigenvalue weighted by Gasteiger charge is -2.35. The maximum atomic E-state index is 12.8. The van der Waals surface area contributed by atoms with Gasteiger partial charge in [-0.1, -0.05) is 45.7 Å². The molecule has 2 aromatic rings. The highest BCUT2D eigenvalue weighted by atomic mass is 16.5. The summed E-state index contributed by atoms with van der Waals surface area (Å²) in [5.41, 5.74) is 1.84. The van der Waals surface area contributed by atoms with Crippen LogP contribution in [0.15, 0.2) is 24.3 Å². The Hall–Kier alpha value is -2.72. The molecule has 30 heavy (non-hydrogen) atoms. The van der Waals surface area contributed by atoms with Gasteiger partial charge in [-0.2, -0.15) is 5.26 Å². The molecule has 0 unspecified atom stereocenters. The first kappa shape index (κ1) is 22.0. The number of anilines is 1. The van der Waals surface area contributed by atoms with Crippen LogP contribution in [0.25, 0.3) is 11.0 Å². The fourth-order valence-electron chi connectivity index (χ4n) is 3.74. The molecule has 1 aromatic heterocycles. The average Bonchev–Trinajstić information content (AvgIpc) is 2.80. The molecule has 0 radical (unpaired) electrons. The van der Waals surface area contributed by atoms with Crippen LogP contribution in [0.1, 0.15) is 45.2 Å². The number of ether oxygens (including phenoxy) is 1. The second-order valence-electron chi connectivity index (χ2n) is 7.72. The first-order chi connectivity index (χ1) is 14.6. The number of aromatic nitrogens is 2. The number of fused-ring (bicyclic) bond motifs is 1. The molecule has 1 atom stereocenters. The number of carbonyl (C=O) groups excluding carboxylic acids is 1. The van der Waals surface area contributed by atoms with Crippen LogP contribution in [0.5, 0.6) is 0 Å². The van der Waals surface area contributed by atoms with E-state index < -0.39 is 11.9 Å². The molecule has 7 heteroatoms. The number of hydrogen-bond acceptors (Lipinski definition) is 7. The van der Waals surface area contributed by atoms with Crippen LogP contribution in [0.2, 0.25) is 0 Å². The van der Waals surface area contributed by atoms with Crippen LogP contribution in [0, 0.1) is 17.2 Å². The third-order valence-electron chi connectivity index (χ3n) is 5.95. The van der Waals surface area contributed by atoms with E-state index in [9.17, 15) is 10.1 Å². The average molecular weight is 410 g/mol. The van der Waals surface area contributed by atoms with Gasteiger partial charge in [-0.15, -0.1) is 0 Å². The molecule has 0 amide bonds. The minimum Gasteiger partial charge on any atom is -0.464 e. The van der Waals surface area contributed by atoms with Crippen molar-refractivity contribution in [3.8, 4) is 6.07 Å². The third-order valence-corrected chi connectivity index (χ3v) is 5.95. The summed E-state index contributed by atoms with van der Waals surface area (Å²) in [5, 5.41) is 9.86. The Morgan fingerprint density at radius 2 is 1.73 bits per heavy atom. The SMILES string of the molecule is CCC(CC)COC(=O)[C@@H](C#N)c1nc2ccccc2nc1N1CCN(CC)CC1. The van der Waals surface area contributed by atoms with E-state index in [1.807, 2.05) is 24.3 Å². The van der Waals surface area contributed by atoms with Gasteiger partial charge in [0.25, 0.3) is 0 Å². The normalized spacial score (nSPS) is 15.9. The van der Waals surface area contributed by atoms with Gasteiger partial charge in [0.1, 0.15) is 5.69 Å². The van der Waals surface area contributed by atoms with E-state index in [1.54, 1.807) is 0 Å². The van der Waals surface area contributed by atoms with Gasteiger partial charge in [-0.05, 0) is 24.6 Å². The van der Waals surface area contributed by atoms with E-state index in [2.05, 4.69) is 36.6 Å². The van der Waals surface area contributed by atoms with E-state index in [0.717, 1.165) is 51.1 Å². The predicted octanol–water partition coefficient (Wildman–Crippen LogP) is 3.36. The van der Waals surface area contributed by atoms with Gasteiger partial charge in [-0.25, -0.2) is 9.97 Å². The molecule has 0 N–H and O–H groups in total. The Labute approximate surface area is 178 Å². The fourth-order valence-corrected chi connectivity index (χ4v) is 3.74. The molecule has 1 aromatic carbocycles. The second-order valence-corrected chi connectivity index (χ2v) is 7.72. The molecular formula is C23H31N5O2. The number of likely N-dealkylation sites (N-methyl/N-ethyl adjacent to an activating group) is 1. The number of carbonyl (C=O) groups is 1. The van der Waals surface area contributed by atoms with Crippen molar-refractivity contribution in [3.63, 3.8) is 0 Å². The van der Waals surface area contributed by atoms with Gasteiger partial charge in [-0.3, -0.25) is 4.79 Å². The largest absolute Gasteiger partial charge is 0.464 e. The summed E-state index contributed by atoms with van der Waals surface area (Å²) in [7, 11) is 0. The predicted molar refractivity (Wildman–Crippen MR) is 117 cm³/mol. The summed E-state index contributed by atoms with van der Waals surface area (Å²) in [5.74, 6) is -0.703. The summed E-state index contributed by atoms with van der Waals surface area (Å²) in [4.78, 5) is 26.9. The highest BCUT2D eigenvalue weighted by Gasteiger charge is 2.31. The van der Waals surface area contributed by atoms with Crippen molar-refractivity contribution >= 4 is 22.8 Å². The lowest BCUT2D eigenvalue weighted by molar-refractivity contribution is -0.145. The molecule has 1 fully saturated rings. The van der Waals surface area contributed by atoms with Gasteiger partial charge in [0.2, 0.25) is 0 Å². The number of rotatable bonds is 8. The van der Waals surface area contributed by atoms with Crippen molar-refractivity contribution in [1.82, 2.24) is 14.9 Å². The Morgan fingerprint density at radius 3 is 2.30 bits per heavy atom. The molecule has 0 spiro atoms. The van der Waals surface area contributed by atoms with Gasteiger partial charge in [0.15, 0.2) is 11.7 Å². The molecule has 3 rings (SSSR count). The molecule has 0 saturated carbocycles. The summed E-state index contributed by atoms with van der Waals surface area (Å²) in [6.07, 6.45) is 1.87. The van der Waals surface area contributed by atoms with Crippen LogP contribution < -0.4 is 4.90 Å². The lowest BCUT2D eigenvalue weighted by atomic mass is 10.0. The van der Waals surface area contributed by atoms with Gasteiger partial charge >= 0.3 is 5.97 Å². The van der Waals surface area contributed by atoms with Crippen LogP contribution >= 0.6 is 0 Å². The molecule has 0 aliphatic carbocycles. The van der Waals surface area contributed by atoms with Crippen LogP contribution in [0.4, 0.5) is 5.82 Å². The van der Waals surface area contributed by atoms with E-state index in [0.29, 0.717) is 29.6 Å². The zero-order valence-electron chi connectivity index (χ0n) is 18.2. The monoisotopic (exact) mass is 409 g/mol. The van der Waals surface area contributed by atoms with Gasteiger partial charge < -0.3 is 14.5 Å². The number of esters is 1. The highest BCUT2D eigenvalue weighted by molar-refractivity contribution is 5.85. The number of hydrogen-bond donors (Lipinski definition) is 0. The lowest BCUT2D eigenvalue weighted by Crippen LogP contribution is -2.47. The van der Waals surface area contributed by atoms with Crippen LogP contribution in [0.3, 0.4) is 0 Å². The van der Waals surface area contributed by atoms with Gasteiger partial charge in [0.05, 0.1) is 23.7 Å². The van der Waals surface area contributed by atoms with Gasteiger partial charge in [0, 0.05) is 26.2 Å². The van der Waals surface area contributed by atoms with Crippen molar-refractivity contribution in [3.05, 3.63) is 30.0 Å². The number of para-hydroxylation sites is 2. The van der Waals surface area contributed by atoms with Crippen molar-refractivity contribution in [2.45, 2.75) is 39.5 Å². The van der Waals surface area contributed by atoms with Crippen molar-refractivity contribution in [2.75, 3.05) is 44.2 Å². The standard InChI is InChI=1S/C23H31N5O2/c1-4-17(5-2)16-30-23(29)18(15-24)21-22(28-13-11-27(6-3)12-14-28)26-20-10-8-7-9-19(20)25-21/h7-10,17-18H,4-6,11-14,16H2,1-3H3/t18-/m0/s1. The quantitative estimate of drug-likeness (QED) is 0.618. The molecule has 1 aliphatic heterocycles. The smallest absolute Gasteiger partial charge is 0.329 e. The maximum absolute atomic E-state index is 12.8. The van der Waals surface area contributed by atoms with E-state index in [1.165, 1.54) is 0 Å². The summed E-state index contributed by atoms with van der Waals surface area (Å²) >= 11 is 0. The number of nitrogens with zero attached hydrogens (tertiary/aromatic N) is 5.